The Hall–Kier alpha value is -2.35. The average molecular weight is 453 g/mol. The van der Waals surface area contributed by atoms with Crippen LogP contribution in [0.4, 0.5) is 5.69 Å². The van der Waals surface area contributed by atoms with E-state index in [0.29, 0.717) is 29.4 Å². The van der Waals surface area contributed by atoms with Crippen LogP contribution in [-0.2, 0) is 6.54 Å². The lowest BCUT2D eigenvalue weighted by Gasteiger charge is -2.14. The highest BCUT2D eigenvalue weighted by Crippen LogP contribution is 2.29. The minimum atomic E-state index is -0.399. The molecule has 1 N–H and O–H groups in total. The van der Waals surface area contributed by atoms with Crippen molar-refractivity contribution in [3.05, 3.63) is 63.2 Å². The zero-order valence-electron chi connectivity index (χ0n) is 17.1. The predicted octanol–water partition coefficient (Wildman–Crippen LogP) is 0.344. The summed E-state index contributed by atoms with van der Waals surface area (Å²) in [7, 11) is 0. The van der Waals surface area contributed by atoms with E-state index in [0.717, 1.165) is 37.1 Å². The number of nitro benzene ring substituents is 1. The fourth-order valence-corrected chi connectivity index (χ4v) is 3.46. The van der Waals surface area contributed by atoms with Gasteiger partial charge >= 0.3 is 0 Å². The summed E-state index contributed by atoms with van der Waals surface area (Å²) < 4.78 is 7.75. The number of nitro groups is 1. The molecule has 7 nitrogen and oxygen atoms in total. The van der Waals surface area contributed by atoms with Crippen molar-refractivity contribution in [2.45, 2.75) is 26.8 Å². The summed E-state index contributed by atoms with van der Waals surface area (Å²) in [5, 5.41) is 17.1. The number of quaternary nitrogens is 1. The topological polar surface area (TPSA) is 74.6 Å². The molecule has 0 atom stereocenters. The maximum atomic E-state index is 11.2. The number of rotatable bonds is 10. The molecule has 9 heteroatoms. The van der Waals surface area contributed by atoms with Crippen molar-refractivity contribution >= 4 is 28.2 Å². The molecule has 0 spiro atoms. The highest BCUT2D eigenvalue weighted by atomic mass is 35.5. The highest BCUT2D eigenvalue weighted by molar-refractivity contribution is 6.30. The molecular weight excluding hydrogens is 427 g/mol. The number of nitrogens with one attached hydrogen (secondary N) is 1. The summed E-state index contributed by atoms with van der Waals surface area (Å²) in [6, 6.07) is 12.3. The van der Waals surface area contributed by atoms with E-state index in [1.807, 2.05) is 28.9 Å². The first-order valence-electron chi connectivity index (χ1n) is 9.87. The third kappa shape index (κ3) is 5.84. The maximum absolute atomic E-state index is 11.2. The standard InChI is InChI=1S/C21H25ClN4O3.ClH/c1-3-24(4-2)12-5-13-29-21-19-14-18(26(27)28)10-11-20(19)25(23-21)15-16-6-8-17(22)9-7-16;/h6-11,14H,3-5,12-13,15H2,1-2H3;1H. The molecule has 0 saturated heterocycles. The molecule has 0 bridgehead atoms. The molecule has 0 radical (unpaired) electrons. The van der Waals surface area contributed by atoms with E-state index in [1.165, 1.54) is 17.0 Å². The Balaban J connectivity index is 0.00000320. The van der Waals surface area contributed by atoms with Gasteiger partial charge in [-0.1, -0.05) is 23.7 Å². The molecule has 0 unspecified atom stereocenters. The Morgan fingerprint density at radius 1 is 1.17 bits per heavy atom. The smallest absolute Gasteiger partial charge is 0.270 e. The molecule has 0 fully saturated rings. The minimum Gasteiger partial charge on any atom is -1.00 e. The van der Waals surface area contributed by atoms with Crippen LogP contribution < -0.4 is 22.0 Å². The second-order valence-corrected chi connectivity index (χ2v) is 7.39. The largest absolute Gasteiger partial charge is 1.00 e. The number of nitrogens with zero attached hydrogens (tertiary/aromatic N) is 3. The van der Waals surface area contributed by atoms with Crippen LogP contribution in [-0.4, -0.2) is 40.9 Å². The SMILES string of the molecule is CC[NH+](CC)CCCOc1nn(Cc2ccc(Cl)cc2)c2ccc([N+](=O)[O-])cc12.[Cl-]. The van der Waals surface area contributed by atoms with Crippen LogP contribution in [0, 0.1) is 10.1 Å². The number of ether oxygens (including phenoxy) is 1. The number of fused-ring (bicyclic) bond motifs is 1. The van der Waals surface area contributed by atoms with Gasteiger partial charge in [0.05, 0.1) is 48.6 Å². The number of hydrogen-bond acceptors (Lipinski definition) is 4. The summed E-state index contributed by atoms with van der Waals surface area (Å²) in [5.41, 5.74) is 1.87. The van der Waals surface area contributed by atoms with Crippen LogP contribution in [0.15, 0.2) is 42.5 Å². The summed E-state index contributed by atoms with van der Waals surface area (Å²) in [5.74, 6) is 0.437. The van der Waals surface area contributed by atoms with E-state index < -0.39 is 4.92 Å². The van der Waals surface area contributed by atoms with Crippen molar-refractivity contribution in [1.29, 1.82) is 0 Å². The van der Waals surface area contributed by atoms with Gasteiger partial charge in [0, 0.05) is 23.6 Å². The van der Waals surface area contributed by atoms with Gasteiger partial charge in [0.25, 0.3) is 5.69 Å². The van der Waals surface area contributed by atoms with Crippen molar-refractivity contribution in [3.63, 3.8) is 0 Å². The van der Waals surface area contributed by atoms with Crippen molar-refractivity contribution in [3.8, 4) is 5.88 Å². The number of hydrogen-bond donors (Lipinski definition) is 1. The second kappa shape index (κ2) is 11.2. The number of aromatic nitrogens is 2. The molecule has 0 saturated carbocycles. The Morgan fingerprint density at radius 2 is 1.87 bits per heavy atom. The number of non-ortho nitro benzene ring substituents is 1. The van der Waals surface area contributed by atoms with Crippen molar-refractivity contribution in [1.82, 2.24) is 9.78 Å². The van der Waals surface area contributed by atoms with Gasteiger partial charge in [-0.25, -0.2) is 0 Å². The van der Waals surface area contributed by atoms with Crippen LogP contribution in [0.2, 0.25) is 5.02 Å². The van der Waals surface area contributed by atoms with Crippen LogP contribution in [0.5, 0.6) is 5.88 Å². The van der Waals surface area contributed by atoms with E-state index >= 15 is 0 Å². The molecule has 2 aromatic carbocycles. The van der Waals surface area contributed by atoms with E-state index in [2.05, 4.69) is 18.9 Å². The Bertz CT molecular complexity index is 972. The summed E-state index contributed by atoms with van der Waals surface area (Å²) in [4.78, 5) is 12.3. The lowest BCUT2D eigenvalue weighted by Crippen LogP contribution is -3.11. The summed E-state index contributed by atoms with van der Waals surface area (Å²) in [6.45, 7) is 8.59. The molecule has 162 valence electrons. The van der Waals surface area contributed by atoms with Gasteiger partial charge in [0.2, 0.25) is 5.88 Å². The second-order valence-electron chi connectivity index (χ2n) is 6.96. The normalized spacial score (nSPS) is 10.9. The van der Waals surface area contributed by atoms with E-state index in [4.69, 9.17) is 16.3 Å². The van der Waals surface area contributed by atoms with Gasteiger partial charge in [-0.05, 0) is 37.6 Å². The van der Waals surface area contributed by atoms with Crippen molar-refractivity contribution in [2.75, 3.05) is 26.2 Å². The van der Waals surface area contributed by atoms with Crippen molar-refractivity contribution in [2.24, 2.45) is 0 Å². The fraction of sp³-hybridized carbons (Fsp3) is 0.381. The molecule has 0 aliphatic carbocycles. The van der Waals surface area contributed by atoms with Crippen molar-refractivity contribution < 1.29 is 27.0 Å². The van der Waals surface area contributed by atoms with E-state index in [-0.39, 0.29) is 18.1 Å². The first-order valence-corrected chi connectivity index (χ1v) is 10.2. The summed E-state index contributed by atoms with van der Waals surface area (Å²) >= 11 is 5.97. The molecule has 0 amide bonds. The van der Waals surface area contributed by atoms with Crippen LogP contribution in [0.1, 0.15) is 25.8 Å². The maximum Gasteiger partial charge on any atom is 0.270 e. The van der Waals surface area contributed by atoms with E-state index in [1.54, 1.807) is 6.07 Å². The monoisotopic (exact) mass is 452 g/mol. The average Bonchev–Trinajstić information content (AvgIpc) is 3.06. The zero-order chi connectivity index (χ0) is 20.8. The molecule has 1 heterocycles. The quantitative estimate of drug-likeness (QED) is 0.273. The van der Waals surface area contributed by atoms with Crippen LogP contribution >= 0.6 is 11.6 Å². The highest BCUT2D eigenvalue weighted by Gasteiger charge is 2.17. The summed E-state index contributed by atoms with van der Waals surface area (Å²) in [6.07, 6.45) is 0.900. The van der Waals surface area contributed by atoms with Gasteiger partial charge in [-0.15, -0.1) is 5.10 Å². The fourth-order valence-electron chi connectivity index (χ4n) is 3.34. The Labute approximate surface area is 187 Å². The van der Waals surface area contributed by atoms with Gasteiger partial charge in [-0.3, -0.25) is 14.8 Å². The Morgan fingerprint density at radius 3 is 2.50 bits per heavy atom. The minimum absolute atomic E-state index is 0. The molecular formula is C21H26Cl2N4O3. The van der Waals surface area contributed by atoms with Gasteiger partial charge in [-0.2, -0.15) is 0 Å². The molecule has 30 heavy (non-hydrogen) atoms. The number of benzene rings is 2. The predicted molar refractivity (Wildman–Crippen MR) is 114 cm³/mol. The molecule has 0 aliphatic heterocycles. The first kappa shape index (κ1) is 23.9. The van der Waals surface area contributed by atoms with Gasteiger partial charge in [0.15, 0.2) is 0 Å². The Kier molecular flexibility index (Phi) is 8.89. The van der Waals surface area contributed by atoms with Gasteiger partial charge in [0.1, 0.15) is 0 Å². The molecule has 1 aromatic heterocycles. The third-order valence-electron chi connectivity index (χ3n) is 5.07. The molecule has 3 rings (SSSR count). The molecule has 3 aromatic rings. The lowest BCUT2D eigenvalue weighted by atomic mass is 10.2. The molecule has 0 aliphatic rings. The van der Waals surface area contributed by atoms with Crippen LogP contribution in [0.3, 0.4) is 0 Å². The van der Waals surface area contributed by atoms with Crippen LogP contribution in [0.25, 0.3) is 10.9 Å². The number of halogens is 2. The third-order valence-corrected chi connectivity index (χ3v) is 5.32. The lowest BCUT2D eigenvalue weighted by molar-refractivity contribution is -0.896. The van der Waals surface area contributed by atoms with Gasteiger partial charge < -0.3 is 22.0 Å². The van der Waals surface area contributed by atoms with E-state index in [9.17, 15) is 10.1 Å². The zero-order valence-corrected chi connectivity index (χ0v) is 18.6. The first-order chi connectivity index (χ1) is 14.0.